The predicted molar refractivity (Wildman–Crippen MR) is 163 cm³/mol. The number of nitrogens with zero attached hydrogens (tertiary/aromatic N) is 4. The van der Waals surface area contributed by atoms with E-state index in [1.165, 1.54) is 6.07 Å². The van der Waals surface area contributed by atoms with Crippen LogP contribution >= 0.6 is 0 Å². The molecule has 4 nitrogen and oxygen atoms in total. The van der Waals surface area contributed by atoms with E-state index in [0.29, 0.717) is 27.2 Å². The van der Waals surface area contributed by atoms with E-state index in [2.05, 4.69) is 27.2 Å². The summed E-state index contributed by atoms with van der Waals surface area (Å²) in [7, 11) is 0. The van der Waals surface area contributed by atoms with Crippen LogP contribution in [0.1, 0.15) is 11.1 Å². The Morgan fingerprint density at radius 1 is 0.628 bits per heavy atom. The maximum absolute atomic E-state index is 13.4. The molecule has 0 N–H and O–H groups in total. The summed E-state index contributed by atoms with van der Waals surface area (Å²) in [6.45, 7) is 9.57. The molecule has 204 valence electrons. The molecule has 0 unspecified atom stereocenters. The van der Waals surface area contributed by atoms with Gasteiger partial charge in [0.25, 0.3) is 0 Å². The predicted octanol–water partition coefficient (Wildman–Crippen LogP) is 8.95. The molecule has 0 saturated heterocycles. The van der Waals surface area contributed by atoms with E-state index in [0.717, 1.165) is 66.5 Å². The average Bonchev–Trinajstić information content (AvgIpc) is 3.47. The molecule has 0 heterocycles. The highest BCUT2D eigenvalue weighted by Crippen LogP contribution is 2.36. The minimum atomic E-state index is -4.46. The van der Waals surface area contributed by atoms with Crippen molar-refractivity contribution in [2.24, 2.45) is 10.1 Å². The van der Waals surface area contributed by atoms with Gasteiger partial charge in [-0.15, -0.1) is 4.95 Å². The van der Waals surface area contributed by atoms with E-state index in [4.69, 9.17) is 6.57 Å². The highest BCUT2D eigenvalue weighted by molar-refractivity contribution is 6.21. The van der Waals surface area contributed by atoms with Crippen LogP contribution in [0.25, 0.3) is 70.3 Å². The Balaban J connectivity index is 1.51. The van der Waals surface area contributed by atoms with E-state index in [-0.39, 0.29) is 0 Å². The minimum absolute atomic E-state index is 0.414. The van der Waals surface area contributed by atoms with Gasteiger partial charge in [0, 0.05) is 21.5 Å². The van der Waals surface area contributed by atoms with Gasteiger partial charge < -0.3 is 0 Å². The zero-order chi connectivity index (χ0) is 29.9. The van der Waals surface area contributed by atoms with Crippen LogP contribution in [-0.4, -0.2) is 0 Å². The monoisotopic (exact) mass is 564 g/mol. The molecule has 0 atom stereocenters. The maximum atomic E-state index is 13.4. The highest BCUT2D eigenvalue weighted by atomic mass is 19.4. The number of alkyl halides is 3. The third kappa shape index (κ3) is 4.22. The number of halogens is 3. The quantitative estimate of drug-likeness (QED) is 0.117. The van der Waals surface area contributed by atoms with Crippen LogP contribution in [0.5, 0.6) is 0 Å². The lowest BCUT2D eigenvalue weighted by molar-refractivity contribution is -0.137. The molecule has 0 aliphatic rings. The Morgan fingerprint density at radius 2 is 1.16 bits per heavy atom. The summed E-state index contributed by atoms with van der Waals surface area (Å²) in [6.07, 6.45) is -2.56. The normalized spacial score (nSPS) is 12.9. The number of aryl methyl sites for hydroxylation is 1. The Bertz CT molecular complexity index is 2480. The lowest BCUT2D eigenvalue weighted by atomic mass is 10.0. The van der Waals surface area contributed by atoms with Crippen molar-refractivity contribution in [1.82, 2.24) is 0 Å². The molecule has 0 amide bonds. The molecule has 7 aromatic rings. The fourth-order valence-corrected chi connectivity index (χ4v) is 6.06. The summed E-state index contributed by atoms with van der Waals surface area (Å²) in [5, 5.41) is 21.3. The van der Waals surface area contributed by atoms with Crippen molar-refractivity contribution < 1.29 is 13.2 Å². The van der Waals surface area contributed by atoms with Gasteiger partial charge in [-0.2, -0.15) is 30.0 Å². The van der Waals surface area contributed by atoms with Crippen LogP contribution in [0.4, 0.5) is 13.2 Å². The minimum Gasteiger partial charge on any atom is -0.181 e. The van der Waals surface area contributed by atoms with Gasteiger partial charge in [-0.25, -0.2) is 0 Å². The van der Waals surface area contributed by atoms with Crippen LogP contribution in [0.2, 0.25) is 0 Å². The summed E-state index contributed by atoms with van der Waals surface area (Å²) < 4.78 is 40.2. The second-order valence-corrected chi connectivity index (χ2v) is 10.5. The molecule has 0 fully saturated rings. The Labute approximate surface area is 243 Å². The molecule has 0 radical (unpaired) electrons. The van der Waals surface area contributed by atoms with E-state index >= 15 is 0 Å². The van der Waals surface area contributed by atoms with Gasteiger partial charge in [-0.1, -0.05) is 66.2 Å². The molecule has 7 rings (SSSR count). The van der Waals surface area contributed by atoms with Crippen molar-refractivity contribution in [2.45, 2.75) is 13.1 Å². The molecule has 0 aromatic heterocycles. The summed E-state index contributed by atoms with van der Waals surface area (Å²) in [6, 6.07) is 28.9. The molecule has 0 saturated carbocycles. The molecule has 43 heavy (non-hydrogen) atoms. The molecule has 0 aliphatic heterocycles. The van der Waals surface area contributed by atoms with Crippen LogP contribution in [0, 0.1) is 25.0 Å². The molecule has 7 heteroatoms. The first-order valence-corrected chi connectivity index (χ1v) is 13.4. The number of hydrogen-bond acceptors (Lipinski definition) is 3. The lowest BCUT2D eigenvalue weighted by Gasteiger charge is -2.09. The SMILES string of the molecule is [C-]#[N+]/N=c1\c2cc(-c3cccc(C)c3)ccc2c2cc3c(=NC#N)c4cc(-c5cccc(C(F)(F)F)c5)ccc4c3cc12. The van der Waals surface area contributed by atoms with Gasteiger partial charge in [-0.3, -0.25) is 0 Å². The molecule has 0 bridgehead atoms. The number of fused-ring (bicyclic) bond motifs is 6. The van der Waals surface area contributed by atoms with E-state index in [1.807, 2.05) is 61.6 Å². The third-order valence-electron chi connectivity index (χ3n) is 7.98. The molecule has 0 spiro atoms. The molecular weight excluding hydrogens is 545 g/mol. The number of nitriles is 1. The van der Waals surface area contributed by atoms with Crippen molar-refractivity contribution in [3.8, 4) is 28.4 Å². The van der Waals surface area contributed by atoms with Crippen molar-refractivity contribution in [3.05, 3.63) is 130 Å². The van der Waals surface area contributed by atoms with Gasteiger partial charge >= 0.3 is 6.18 Å². The Hall–Kier alpha value is -5.79. The number of hydrogen-bond donors (Lipinski definition) is 0. The summed E-state index contributed by atoms with van der Waals surface area (Å²) >= 11 is 0. The average molecular weight is 565 g/mol. The van der Waals surface area contributed by atoms with Gasteiger partial charge in [0.15, 0.2) is 5.36 Å². The first-order chi connectivity index (χ1) is 20.8. The van der Waals surface area contributed by atoms with E-state index < -0.39 is 11.7 Å². The Kier molecular flexibility index (Phi) is 5.86. The lowest BCUT2D eigenvalue weighted by Crippen LogP contribution is -2.04. The number of benzene rings is 5. The largest absolute Gasteiger partial charge is 0.416 e. The van der Waals surface area contributed by atoms with Crippen molar-refractivity contribution in [1.29, 1.82) is 5.26 Å². The van der Waals surface area contributed by atoms with Crippen molar-refractivity contribution >= 4 is 43.1 Å². The molecule has 7 aromatic carbocycles. The van der Waals surface area contributed by atoms with Gasteiger partial charge in [0.05, 0.1) is 16.0 Å². The van der Waals surface area contributed by atoms with Gasteiger partial charge in [-0.05, 0) is 87.1 Å². The third-order valence-corrected chi connectivity index (χ3v) is 7.98. The van der Waals surface area contributed by atoms with Crippen LogP contribution in [0.15, 0.2) is 107 Å². The first-order valence-electron chi connectivity index (χ1n) is 13.4. The summed E-state index contributed by atoms with van der Waals surface area (Å²) in [5.41, 5.74) is 3.49. The molecule has 0 aliphatic carbocycles. The first kappa shape index (κ1) is 26.1. The fraction of sp³-hybridized carbons (Fsp3) is 0.0556. The summed E-state index contributed by atoms with van der Waals surface area (Å²) in [4.78, 5) is 7.53. The zero-order valence-electron chi connectivity index (χ0n) is 22.7. The Morgan fingerprint density at radius 3 is 1.74 bits per heavy atom. The van der Waals surface area contributed by atoms with Gasteiger partial charge in [0.1, 0.15) is 0 Å². The zero-order valence-corrected chi connectivity index (χ0v) is 22.7. The van der Waals surface area contributed by atoms with Crippen molar-refractivity contribution in [2.75, 3.05) is 0 Å². The van der Waals surface area contributed by atoms with Crippen LogP contribution in [0.3, 0.4) is 0 Å². The molecular formula is C36H19F3N4. The fourth-order valence-electron chi connectivity index (χ4n) is 6.06. The number of rotatable bonds is 2. The topological polar surface area (TPSA) is 52.9 Å². The summed E-state index contributed by atoms with van der Waals surface area (Å²) in [5.74, 6) is 0. The maximum Gasteiger partial charge on any atom is 0.416 e. The van der Waals surface area contributed by atoms with Crippen LogP contribution < -0.4 is 10.7 Å². The van der Waals surface area contributed by atoms with E-state index in [1.54, 1.807) is 18.2 Å². The second-order valence-electron chi connectivity index (χ2n) is 10.5. The standard InChI is InChI=1S/C36H19F3N4/c1-20-5-3-6-21(13-20)23-9-12-27-29-17-32-28(18-33(29)35(43-41-2)31(27)16-23)26-11-10-24(15-30(26)34(32)42-19-40)22-7-4-8-25(14-22)36(37,38)39/h3-18H,1H3/b42-34?,43-35+. The smallest absolute Gasteiger partial charge is 0.181 e. The van der Waals surface area contributed by atoms with Crippen molar-refractivity contribution in [3.63, 3.8) is 0 Å². The van der Waals surface area contributed by atoms with Gasteiger partial charge in [0.2, 0.25) is 6.19 Å². The van der Waals surface area contributed by atoms with E-state index in [9.17, 15) is 18.4 Å². The highest BCUT2D eigenvalue weighted by Gasteiger charge is 2.30. The second kappa shape index (κ2) is 9.65. The van der Waals surface area contributed by atoms with Crippen LogP contribution in [-0.2, 0) is 6.18 Å².